The molecule has 0 saturated carbocycles. The summed E-state index contributed by atoms with van der Waals surface area (Å²) in [5, 5.41) is 3.55. The van der Waals surface area contributed by atoms with E-state index in [0.717, 1.165) is 8.58 Å². The van der Waals surface area contributed by atoms with E-state index in [4.69, 9.17) is 0 Å². The second-order valence-corrected chi connectivity index (χ2v) is 10.4. The first-order valence-electron chi connectivity index (χ1n) is 6.42. The third-order valence-electron chi connectivity index (χ3n) is 2.99. The number of hydrogen-bond acceptors (Lipinski definition) is 0. The third kappa shape index (κ3) is 3.53. The largest absolute Gasteiger partial charge is 0.0883 e. The van der Waals surface area contributed by atoms with Crippen LogP contribution in [-0.2, 0) is 0 Å². The standard InChI is InChI=1S/C16H22P2/c1-16(2,3)17-14-11-8-12-15(14)18(4)13-9-6-5-7-10-13/h5-12,15,17H,1-4H3. The van der Waals surface area contributed by atoms with Gasteiger partial charge in [0, 0.05) is 5.66 Å². The second kappa shape index (κ2) is 5.68. The second-order valence-electron chi connectivity index (χ2n) is 5.77. The zero-order valence-corrected chi connectivity index (χ0v) is 13.5. The number of hydrogen-bond donors (Lipinski definition) is 0. The van der Waals surface area contributed by atoms with Crippen LogP contribution in [0.4, 0.5) is 0 Å². The molecule has 0 N–H and O–H groups in total. The smallest absolute Gasteiger partial charge is 0.0264 e. The lowest BCUT2D eigenvalue weighted by Crippen LogP contribution is -2.13. The van der Waals surface area contributed by atoms with Gasteiger partial charge in [-0.05, 0) is 22.4 Å². The highest BCUT2D eigenvalue weighted by molar-refractivity contribution is 7.67. The van der Waals surface area contributed by atoms with E-state index in [0.29, 0.717) is 10.8 Å². The molecule has 0 radical (unpaired) electrons. The Labute approximate surface area is 114 Å². The van der Waals surface area contributed by atoms with E-state index >= 15 is 0 Å². The SMILES string of the molecule is CP(c1ccccc1)C1C=CC=C1PC(C)(C)C. The summed E-state index contributed by atoms with van der Waals surface area (Å²) in [7, 11) is 0.811. The number of benzene rings is 1. The molecule has 0 aliphatic heterocycles. The molecule has 0 saturated heterocycles. The van der Waals surface area contributed by atoms with Gasteiger partial charge in [0.15, 0.2) is 0 Å². The molecule has 0 aromatic heterocycles. The van der Waals surface area contributed by atoms with Gasteiger partial charge >= 0.3 is 0 Å². The Morgan fingerprint density at radius 1 is 1.11 bits per heavy atom. The van der Waals surface area contributed by atoms with Crippen molar-refractivity contribution in [3.63, 3.8) is 0 Å². The molecule has 0 amide bonds. The summed E-state index contributed by atoms with van der Waals surface area (Å²) in [5.41, 5.74) is 0.653. The van der Waals surface area contributed by atoms with Crippen molar-refractivity contribution in [2.45, 2.75) is 31.6 Å². The van der Waals surface area contributed by atoms with Gasteiger partial charge in [0.2, 0.25) is 0 Å². The van der Waals surface area contributed by atoms with Crippen molar-refractivity contribution < 1.29 is 0 Å². The minimum absolute atomic E-state index is 0.117. The van der Waals surface area contributed by atoms with E-state index in [2.05, 4.69) is 76.0 Å². The first-order valence-corrected chi connectivity index (χ1v) is 9.28. The van der Waals surface area contributed by atoms with Crippen LogP contribution in [0.15, 0.2) is 53.9 Å². The highest BCUT2D eigenvalue weighted by atomic mass is 31.1. The lowest BCUT2D eigenvalue weighted by Gasteiger charge is -2.27. The Kier molecular flexibility index (Phi) is 4.41. The zero-order chi connectivity index (χ0) is 13.2. The maximum Gasteiger partial charge on any atom is 0.0264 e. The summed E-state index contributed by atoms with van der Waals surface area (Å²) >= 11 is 0. The van der Waals surface area contributed by atoms with E-state index in [-0.39, 0.29) is 7.92 Å². The molecule has 0 bridgehead atoms. The fourth-order valence-corrected chi connectivity index (χ4v) is 6.07. The molecule has 1 aliphatic rings. The monoisotopic (exact) mass is 276 g/mol. The van der Waals surface area contributed by atoms with Crippen molar-refractivity contribution in [1.82, 2.24) is 0 Å². The Morgan fingerprint density at radius 2 is 1.78 bits per heavy atom. The molecule has 18 heavy (non-hydrogen) atoms. The molecule has 2 heteroatoms. The number of allylic oxidation sites excluding steroid dienone is 4. The van der Waals surface area contributed by atoms with Gasteiger partial charge in [0.25, 0.3) is 0 Å². The molecule has 0 nitrogen and oxygen atoms in total. The van der Waals surface area contributed by atoms with Crippen LogP contribution in [-0.4, -0.2) is 17.5 Å². The van der Waals surface area contributed by atoms with E-state index in [1.165, 1.54) is 5.30 Å². The average Bonchev–Trinajstić information content (AvgIpc) is 2.75. The molecule has 96 valence electrons. The van der Waals surface area contributed by atoms with Gasteiger partial charge in [-0.2, -0.15) is 0 Å². The van der Waals surface area contributed by atoms with Crippen molar-refractivity contribution in [2.24, 2.45) is 0 Å². The summed E-state index contributed by atoms with van der Waals surface area (Å²) in [4.78, 5) is 0. The van der Waals surface area contributed by atoms with Crippen LogP contribution in [0.25, 0.3) is 0 Å². The highest BCUT2D eigenvalue weighted by Gasteiger charge is 2.25. The van der Waals surface area contributed by atoms with Crippen LogP contribution in [0.3, 0.4) is 0 Å². The molecule has 3 unspecified atom stereocenters. The number of rotatable bonds is 3. The molecular formula is C16H22P2. The Hall–Kier alpha value is -0.440. The van der Waals surface area contributed by atoms with E-state index in [9.17, 15) is 0 Å². The summed E-state index contributed by atoms with van der Waals surface area (Å²) in [6, 6.07) is 11.0. The van der Waals surface area contributed by atoms with Gasteiger partial charge in [-0.1, -0.05) is 85.8 Å². The molecule has 1 aromatic rings. The Bertz CT molecular complexity index is 452. The van der Waals surface area contributed by atoms with E-state index in [1.54, 1.807) is 5.31 Å². The average molecular weight is 276 g/mol. The Balaban J connectivity index is 2.14. The van der Waals surface area contributed by atoms with Crippen LogP contribution in [0.1, 0.15) is 20.8 Å². The first kappa shape index (κ1) is 14.0. The fourth-order valence-electron chi connectivity index (χ4n) is 2.18. The predicted octanol–water partition coefficient (Wildman–Crippen LogP) is 4.72. The Morgan fingerprint density at radius 3 is 2.39 bits per heavy atom. The van der Waals surface area contributed by atoms with Gasteiger partial charge in [0.05, 0.1) is 0 Å². The van der Waals surface area contributed by atoms with E-state index < -0.39 is 0 Å². The van der Waals surface area contributed by atoms with E-state index in [1.807, 2.05) is 0 Å². The normalized spacial score (nSPS) is 21.6. The minimum atomic E-state index is -0.117. The molecular weight excluding hydrogens is 254 g/mol. The zero-order valence-electron chi connectivity index (χ0n) is 11.6. The lowest BCUT2D eigenvalue weighted by molar-refractivity contribution is 0.796. The topological polar surface area (TPSA) is 0 Å². The van der Waals surface area contributed by atoms with Gasteiger partial charge < -0.3 is 0 Å². The van der Waals surface area contributed by atoms with Crippen LogP contribution in [0, 0.1) is 0 Å². The van der Waals surface area contributed by atoms with Crippen LogP contribution >= 0.6 is 16.5 Å². The van der Waals surface area contributed by atoms with Gasteiger partial charge in [0.1, 0.15) is 0 Å². The van der Waals surface area contributed by atoms with Crippen molar-refractivity contribution in [3.05, 3.63) is 53.9 Å². The summed E-state index contributed by atoms with van der Waals surface area (Å²) in [6.07, 6.45) is 6.99. The molecule has 0 heterocycles. The summed E-state index contributed by atoms with van der Waals surface area (Å²) in [5.74, 6) is 0. The predicted molar refractivity (Wildman–Crippen MR) is 88.0 cm³/mol. The summed E-state index contributed by atoms with van der Waals surface area (Å²) < 4.78 is 0. The molecule has 0 fully saturated rings. The molecule has 1 aromatic carbocycles. The first-order chi connectivity index (χ1) is 8.47. The van der Waals surface area contributed by atoms with Crippen molar-refractivity contribution in [1.29, 1.82) is 0 Å². The fraction of sp³-hybridized carbons (Fsp3) is 0.375. The van der Waals surface area contributed by atoms with Crippen molar-refractivity contribution in [2.75, 3.05) is 6.66 Å². The highest BCUT2D eigenvalue weighted by Crippen LogP contribution is 2.52. The lowest BCUT2D eigenvalue weighted by atomic mass is 10.3. The summed E-state index contributed by atoms with van der Waals surface area (Å²) in [6.45, 7) is 9.41. The molecule has 1 aliphatic carbocycles. The van der Waals surface area contributed by atoms with Gasteiger partial charge in [-0.15, -0.1) is 0 Å². The van der Waals surface area contributed by atoms with Crippen LogP contribution in [0.2, 0.25) is 0 Å². The van der Waals surface area contributed by atoms with Crippen LogP contribution < -0.4 is 5.30 Å². The van der Waals surface area contributed by atoms with Gasteiger partial charge in [-0.3, -0.25) is 0 Å². The maximum atomic E-state index is 2.41. The minimum Gasteiger partial charge on any atom is -0.0883 e. The van der Waals surface area contributed by atoms with Crippen molar-refractivity contribution >= 4 is 21.8 Å². The van der Waals surface area contributed by atoms with Crippen molar-refractivity contribution in [3.8, 4) is 0 Å². The third-order valence-corrected chi connectivity index (χ3v) is 7.14. The quantitative estimate of drug-likeness (QED) is 0.700. The molecule has 0 spiro atoms. The molecule has 3 atom stereocenters. The van der Waals surface area contributed by atoms with Crippen LogP contribution in [0.5, 0.6) is 0 Å². The van der Waals surface area contributed by atoms with Gasteiger partial charge in [-0.25, -0.2) is 0 Å². The molecule has 2 rings (SSSR count). The maximum absolute atomic E-state index is 2.41.